The number of amides is 1. The first-order chi connectivity index (χ1) is 7.65. The van der Waals surface area contributed by atoms with E-state index in [2.05, 4.69) is 5.32 Å². The molecule has 7 heteroatoms. The van der Waals surface area contributed by atoms with E-state index in [4.69, 9.17) is 5.73 Å². The smallest absolute Gasteiger partial charge is 0.353 e. The van der Waals surface area contributed by atoms with Crippen LogP contribution in [0.5, 0.6) is 0 Å². The monoisotopic (exact) mass is 270 g/mol. The van der Waals surface area contributed by atoms with Gasteiger partial charge in [0.05, 0.1) is 0 Å². The normalized spacial score (nSPS) is 22.5. The zero-order valence-corrected chi connectivity index (χ0v) is 10.7. The molecule has 0 spiro atoms. The molecule has 1 saturated carbocycles. The molecule has 3 N–H and O–H groups in total. The van der Waals surface area contributed by atoms with E-state index in [-0.39, 0.29) is 11.3 Å². The van der Waals surface area contributed by atoms with Gasteiger partial charge in [0.2, 0.25) is 5.91 Å². The average Bonchev–Trinajstić information content (AvgIpc) is 2.14. The molecule has 0 aliphatic heterocycles. The van der Waals surface area contributed by atoms with Crippen molar-refractivity contribution in [3.63, 3.8) is 0 Å². The van der Waals surface area contributed by atoms with Gasteiger partial charge in [-0.15, -0.1) is 0 Å². The van der Waals surface area contributed by atoms with Crippen LogP contribution in [0.1, 0.15) is 26.2 Å². The summed E-state index contributed by atoms with van der Waals surface area (Å²) in [6.45, 7) is 0.935. The fourth-order valence-electron chi connectivity index (χ4n) is 1.58. The van der Waals surface area contributed by atoms with E-state index < -0.39 is 17.6 Å². The van der Waals surface area contributed by atoms with Gasteiger partial charge in [-0.1, -0.05) is 6.42 Å². The van der Waals surface area contributed by atoms with Crippen LogP contribution in [-0.2, 0) is 4.79 Å². The Morgan fingerprint density at radius 3 is 2.29 bits per heavy atom. The SMILES string of the molecule is CSC1(CNC(=O)C(C)(N)C(F)(F)F)CCC1. The number of rotatable bonds is 4. The highest BCUT2D eigenvalue weighted by Crippen LogP contribution is 2.42. The predicted molar refractivity (Wildman–Crippen MR) is 61.8 cm³/mol. The molecule has 1 fully saturated rings. The Balaban J connectivity index is 2.55. The number of thioether (sulfide) groups is 1. The quantitative estimate of drug-likeness (QED) is 0.817. The number of carbonyl (C=O) groups is 1. The lowest BCUT2D eigenvalue weighted by Gasteiger charge is -2.41. The van der Waals surface area contributed by atoms with E-state index in [1.54, 1.807) is 11.8 Å². The first kappa shape index (κ1) is 14.6. The molecule has 100 valence electrons. The Labute approximate surface area is 103 Å². The zero-order chi connectivity index (χ0) is 13.3. The fraction of sp³-hybridized carbons (Fsp3) is 0.900. The summed E-state index contributed by atoms with van der Waals surface area (Å²) in [7, 11) is 0. The molecule has 0 saturated heterocycles. The lowest BCUT2D eigenvalue weighted by molar-refractivity contribution is -0.187. The minimum Gasteiger partial charge on any atom is -0.353 e. The topological polar surface area (TPSA) is 55.1 Å². The summed E-state index contributed by atoms with van der Waals surface area (Å²) in [4.78, 5) is 11.4. The number of nitrogens with two attached hydrogens (primary N) is 1. The molecule has 0 radical (unpaired) electrons. The van der Waals surface area contributed by atoms with Crippen molar-refractivity contribution < 1.29 is 18.0 Å². The van der Waals surface area contributed by atoms with Crippen molar-refractivity contribution in [2.75, 3.05) is 12.8 Å². The molecule has 1 amide bonds. The number of hydrogen-bond donors (Lipinski definition) is 2. The van der Waals surface area contributed by atoms with E-state index in [0.29, 0.717) is 6.92 Å². The maximum absolute atomic E-state index is 12.5. The van der Waals surface area contributed by atoms with Crippen LogP contribution < -0.4 is 11.1 Å². The molecule has 17 heavy (non-hydrogen) atoms. The number of nitrogens with one attached hydrogen (secondary N) is 1. The van der Waals surface area contributed by atoms with Gasteiger partial charge >= 0.3 is 6.18 Å². The summed E-state index contributed by atoms with van der Waals surface area (Å²) in [6, 6.07) is 0. The summed E-state index contributed by atoms with van der Waals surface area (Å²) < 4.78 is 37.4. The number of carbonyl (C=O) groups excluding carboxylic acids is 1. The van der Waals surface area contributed by atoms with Gasteiger partial charge in [-0.2, -0.15) is 24.9 Å². The Morgan fingerprint density at radius 2 is 2.00 bits per heavy atom. The van der Waals surface area contributed by atoms with Crippen LogP contribution in [0.25, 0.3) is 0 Å². The van der Waals surface area contributed by atoms with Gasteiger partial charge < -0.3 is 11.1 Å². The third-order valence-electron chi connectivity index (χ3n) is 3.33. The minimum atomic E-state index is -4.73. The lowest BCUT2D eigenvalue weighted by atomic mass is 9.84. The zero-order valence-electron chi connectivity index (χ0n) is 9.86. The van der Waals surface area contributed by atoms with E-state index in [1.165, 1.54) is 0 Å². The second kappa shape index (κ2) is 4.68. The van der Waals surface area contributed by atoms with Gasteiger partial charge in [-0.25, -0.2) is 0 Å². The highest BCUT2D eigenvalue weighted by molar-refractivity contribution is 8.00. The van der Waals surface area contributed by atoms with Crippen molar-refractivity contribution in [2.45, 2.75) is 42.6 Å². The maximum atomic E-state index is 12.5. The molecule has 0 aromatic carbocycles. The average molecular weight is 270 g/mol. The molecule has 1 unspecified atom stereocenters. The van der Waals surface area contributed by atoms with Gasteiger partial charge in [0.15, 0.2) is 5.54 Å². The van der Waals surface area contributed by atoms with Crippen LogP contribution in [0, 0.1) is 0 Å². The number of halogens is 3. The van der Waals surface area contributed by atoms with E-state index in [1.807, 2.05) is 6.26 Å². The van der Waals surface area contributed by atoms with Crippen molar-refractivity contribution in [1.82, 2.24) is 5.32 Å². The van der Waals surface area contributed by atoms with Crippen LogP contribution >= 0.6 is 11.8 Å². The first-order valence-electron chi connectivity index (χ1n) is 5.34. The van der Waals surface area contributed by atoms with Gasteiger partial charge in [-0.3, -0.25) is 4.79 Å². The second-order valence-electron chi connectivity index (χ2n) is 4.62. The highest BCUT2D eigenvalue weighted by Gasteiger charge is 2.54. The van der Waals surface area contributed by atoms with E-state index >= 15 is 0 Å². The molecule has 1 atom stereocenters. The molecule has 1 rings (SSSR count). The summed E-state index contributed by atoms with van der Waals surface area (Å²) in [5.41, 5.74) is 2.20. The number of hydrogen-bond acceptors (Lipinski definition) is 3. The van der Waals surface area contributed by atoms with Crippen molar-refractivity contribution >= 4 is 17.7 Å². The molecule has 0 aromatic rings. The maximum Gasteiger partial charge on any atom is 0.415 e. The molecular weight excluding hydrogens is 253 g/mol. The van der Waals surface area contributed by atoms with E-state index in [9.17, 15) is 18.0 Å². The summed E-state index contributed by atoms with van der Waals surface area (Å²) in [5, 5.41) is 2.32. The van der Waals surface area contributed by atoms with Gasteiger partial charge in [0.1, 0.15) is 0 Å². The molecule has 3 nitrogen and oxygen atoms in total. The molecular formula is C10H17F3N2OS. The van der Waals surface area contributed by atoms with Gasteiger partial charge in [0, 0.05) is 11.3 Å². The van der Waals surface area contributed by atoms with Gasteiger partial charge in [-0.05, 0) is 26.0 Å². The molecule has 0 aromatic heterocycles. The van der Waals surface area contributed by atoms with Gasteiger partial charge in [0.25, 0.3) is 0 Å². The van der Waals surface area contributed by atoms with Crippen molar-refractivity contribution in [1.29, 1.82) is 0 Å². The third-order valence-corrected chi connectivity index (χ3v) is 4.75. The molecule has 1 aliphatic carbocycles. The van der Waals surface area contributed by atoms with Crippen molar-refractivity contribution in [2.24, 2.45) is 5.73 Å². The van der Waals surface area contributed by atoms with Crippen molar-refractivity contribution in [3.05, 3.63) is 0 Å². The fourth-order valence-corrected chi connectivity index (χ4v) is 2.49. The summed E-state index contributed by atoms with van der Waals surface area (Å²) in [6.07, 6.45) is 0.0549. The van der Waals surface area contributed by atoms with Crippen LogP contribution in [0.15, 0.2) is 0 Å². The van der Waals surface area contributed by atoms with Crippen LogP contribution in [0.4, 0.5) is 13.2 Å². The Bertz CT molecular complexity index is 295. The highest BCUT2D eigenvalue weighted by atomic mass is 32.2. The van der Waals surface area contributed by atoms with E-state index in [0.717, 1.165) is 19.3 Å². The second-order valence-corrected chi connectivity index (χ2v) is 5.90. The summed E-state index contributed by atoms with van der Waals surface area (Å²) in [5.74, 6) is -1.16. The van der Waals surface area contributed by atoms with Crippen LogP contribution in [0.3, 0.4) is 0 Å². The Kier molecular flexibility index (Phi) is 4.03. The lowest BCUT2D eigenvalue weighted by Crippen LogP contribution is -2.62. The summed E-state index contributed by atoms with van der Waals surface area (Å²) >= 11 is 1.58. The van der Waals surface area contributed by atoms with Crippen molar-refractivity contribution in [3.8, 4) is 0 Å². The molecule has 1 aliphatic rings. The largest absolute Gasteiger partial charge is 0.415 e. The third kappa shape index (κ3) is 2.88. The Morgan fingerprint density at radius 1 is 1.47 bits per heavy atom. The molecule has 0 bridgehead atoms. The predicted octanol–water partition coefficient (Wildman–Crippen LogP) is 1.67. The first-order valence-corrected chi connectivity index (χ1v) is 6.56. The minimum absolute atomic E-state index is 0.0999. The standard InChI is InChI=1S/C10H17F3N2OS/c1-8(14,10(11,12)13)7(16)15-6-9(17-2)4-3-5-9/h3-6,14H2,1-2H3,(H,15,16). The molecule has 0 heterocycles. The number of alkyl halides is 3. The van der Waals surface area contributed by atoms with Crippen LogP contribution in [0.2, 0.25) is 0 Å². The van der Waals surface area contributed by atoms with Crippen LogP contribution in [-0.4, -0.2) is 35.2 Å². The Hall–Kier alpha value is -0.430.